The fourth-order valence-corrected chi connectivity index (χ4v) is 3.96. The van der Waals surface area contributed by atoms with Gasteiger partial charge in [0, 0.05) is 19.2 Å². The lowest BCUT2D eigenvalue weighted by Gasteiger charge is -2.38. The number of hydrogen-bond acceptors (Lipinski definition) is 4. The summed E-state index contributed by atoms with van der Waals surface area (Å²) in [7, 11) is 1.67. The van der Waals surface area contributed by atoms with Crippen molar-refractivity contribution >= 4 is 17.5 Å². The van der Waals surface area contributed by atoms with Crippen LogP contribution in [0.5, 0.6) is 0 Å². The van der Waals surface area contributed by atoms with Crippen LogP contribution in [0.2, 0.25) is 0 Å². The number of aliphatic hydroxyl groups excluding tert-OH is 1. The number of nitrogens with one attached hydrogen (secondary N) is 2. The molecule has 2 amide bonds. The molecule has 3 rings (SSSR count). The maximum Gasteiger partial charge on any atom is 0.247 e. The SMILES string of the molecule is COC1CCC(CO)(C(=O)N[C@@H](Cc2ccccc2)C(=O)Nc2ccccc2)CC1. The summed E-state index contributed by atoms with van der Waals surface area (Å²) >= 11 is 0. The minimum absolute atomic E-state index is 0.110. The van der Waals surface area contributed by atoms with Gasteiger partial charge >= 0.3 is 0 Å². The van der Waals surface area contributed by atoms with Crippen molar-refractivity contribution in [2.24, 2.45) is 5.41 Å². The van der Waals surface area contributed by atoms with Crippen LogP contribution in [-0.4, -0.2) is 42.8 Å². The second-order valence-electron chi connectivity index (χ2n) is 7.94. The van der Waals surface area contributed by atoms with Gasteiger partial charge in [0.25, 0.3) is 0 Å². The first-order chi connectivity index (χ1) is 14.6. The van der Waals surface area contributed by atoms with E-state index in [1.54, 1.807) is 19.2 Å². The van der Waals surface area contributed by atoms with Crippen LogP contribution in [-0.2, 0) is 20.7 Å². The number of benzene rings is 2. The van der Waals surface area contributed by atoms with Crippen LogP contribution in [0.15, 0.2) is 60.7 Å². The Labute approximate surface area is 177 Å². The van der Waals surface area contributed by atoms with Crippen LogP contribution in [0.3, 0.4) is 0 Å². The molecule has 6 nitrogen and oxygen atoms in total. The zero-order valence-corrected chi connectivity index (χ0v) is 17.3. The number of carbonyl (C=O) groups is 2. The third-order valence-electron chi connectivity index (χ3n) is 5.95. The van der Waals surface area contributed by atoms with E-state index >= 15 is 0 Å². The maximum absolute atomic E-state index is 13.2. The molecule has 1 aliphatic carbocycles. The van der Waals surface area contributed by atoms with E-state index in [0.717, 1.165) is 5.56 Å². The summed E-state index contributed by atoms with van der Waals surface area (Å²) < 4.78 is 5.40. The minimum atomic E-state index is -0.878. The molecule has 1 fully saturated rings. The van der Waals surface area contributed by atoms with Crippen molar-refractivity contribution in [3.63, 3.8) is 0 Å². The van der Waals surface area contributed by atoms with E-state index in [0.29, 0.717) is 37.8 Å². The summed E-state index contributed by atoms with van der Waals surface area (Å²) in [5.41, 5.74) is 0.746. The molecule has 0 unspecified atom stereocenters. The number of anilines is 1. The largest absolute Gasteiger partial charge is 0.395 e. The number of amides is 2. The van der Waals surface area contributed by atoms with E-state index in [4.69, 9.17) is 4.74 Å². The number of methoxy groups -OCH3 is 1. The van der Waals surface area contributed by atoms with Gasteiger partial charge in [-0.15, -0.1) is 0 Å². The van der Waals surface area contributed by atoms with Crippen LogP contribution in [0.1, 0.15) is 31.2 Å². The molecule has 0 aliphatic heterocycles. The van der Waals surface area contributed by atoms with Crippen molar-refractivity contribution in [2.75, 3.05) is 19.0 Å². The third kappa shape index (κ3) is 5.46. The summed E-state index contributed by atoms with van der Waals surface area (Å²) in [6.07, 6.45) is 2.97. The fourth-order valence-electron chi connectivity index (χ4n) is 3.96. The number of rotatable bonds is 8. The van der Waals surface area contributed by atoms with E-state index in [9.17, 15) is 14.7 Å². The molecule has 3 N–H and O–H groups in total. The molecule has 2 aromatic carbocycles. The Kier molecular flexibility index (Phi) is 7.60. The number of aliphatic hydroxyl groups is 1. The number of para-hydroxylation sites is 1. The van der Waals surface area contributed by atoms with Crippen LogP contribution < -0.4 is 10.6 Å². The highest BCUT2D eigenvalue weighted by atomic mass is 16.5. The molecule has 0 spiro atoms. The molecule has 0 saturated heterocycles. The Morgan fingerprint density at radius 1 is 1.07 bits per heavy atom. The van der Waals surface area contributed by atoms with Gasteiger partial charge in [0.1, 0.15) is 6.04 Å². The first-order valence-electron chi connectivity index (χ1n) is 10.4. The first-order valence-corrected chi connectivity index (χ1v) is 10.4. The molecular formula is C24H30N2O4. The molecule has 2 aromatic rings. The van der Waals surface area contributed by atoms with Crippen LogP contribution >= 0.6 is 0 Å². The van der Waals surface area contributed by atoms with E-state index < -0.39 is 11.5 Å². The standard InChI is InChI=1S/C24H30N2O4/c1-30-20-12-14-24(17-27,15-13-20)23(29)26-21(16-18-8-4-2-5-9-18)22(28)25-19-10-6-3-7-11-19/h2-11,20-21,27H,12-17H2,1H3,(H,25,28)(H,26,29)/t20?,21-,24?/m0/s1. The summed E-state index contributed by atoms with van der Waals surface area (Å²) in [5.74, 6) is -0.555. The van der Waals surface area contributed by atoms with Gasteiger partial charge < -0.3 is 20.5 Å². The molecular weight excluding hydrogens is 380 g/mol. The highest BCUT2D eigenvalue weighted by Gasteiger charge is 2.42. The minimum Gasteiger partial charge on any atom is -0.395 e. The number of ether oxygens (including phenoxy) is 1. The normalized spacial score (nSPS) is 22.1. The fraction of sp³-hybridized carbons (Fsp3) is 0.417. The molecule has 1 aliphatic rings. The van der Waals surface area contributed by atoms with Crippen LogP contribution in [0, 0.1) is 5.41 Å². The Morgan fingerprint density at radius 3 is 2.23 bits per heavy atom. The molecule has 0 heterocycles. The second kappa shape index (κ2) is 10.4. The molecule has 0 aromatic heterocycles. The van der Waals surface area contributed by atoms with Gasteiger partial charge in [-0.25, -0.2) is 0 Å². The van der Waals surface area contributed by atoms with Gasteiger partial charge in [0.2, 0.25) is 11.8 Å². The highest BCUT2D eigenvalue weighted by molar-refractivity contribution is 5.98. The van der Waals surface area contributed by atoms with Gasteiger partial charge in [-0.05, 0) is 43.4 Å². The van der Waals surface area contributed by atoms with Gasteiger partial charge in [0.05, 0.1) is 18.1 Å². The molecule has 1 atom stereocenters. The van der Waals surface area contributed by atoms with Crippen molar-refractivity contribution in [1.29, 1.82) is 0 Å². The van der Waals surface area contributed by atoms with E-state index in [1.165, 1.54) is 0 Å². The second-order valence-corrected chi connectivity index (χ2v) is 7.94. The predicted molar refractivity (Wildman–Crippen MR) is 116 cm³/mol. The Morgan fingerprint density at radius 2 is 1.67 bits per heavy atom. The summed E-state index contributed by atoms with van der Waals surface area (Å²) in [6.45, 7) is -0.242. The summed E-state index contributed by atoms with van der Waals surface area (Å²) in [6, 6.07) is 18.0. The quantitative estimate of drug-likeness (QED) is 0.624. The lowest BCUT2D eigenvalue weighted by atomic mass is 9.72. The van der Waals surface area contributed by atoms with Crippen molar-refractivity contribution in [2.45, 2.75) is 44.2 Å². The summed E-state index contributed by atoms with van der Waals surface area (Å²) in [4.78, 5) is 26.2. The monoisotopic (exact) mass is 410 g/mol. The molecule has 0 radical (unpaired) electrons. The average Bonchev–Trinajstić information content (AvgIpc) is 2.80. The van der Waals surface area contributed by atoms with Gasteiger partial charge in [-0.2, -0.15) is 0 Å². The Balaban J connectivity index is 1.75. The summed E-state index contributed by atoms with van der Waals surface area (Å²) in [5, 5.41) is 15.9. The molecule has 0 bridgehead atoms. The van der Waals surface area contributed by atoms with Crippen LogP contribution in [0.4, 0.5) is 5.69 Å². The van der Waals surface area contributed by atoms with Gasteiger partial charge in [0.15, 0.2) is 0 Å². The predicted octanol–water partition coefficient (Wildman–Crippen LogP) is 2.92. The zero-order chi connectivity index (χ0) is 21.4. The Bertz CT molecular complexity index is 818. The molecule has 6 heteroatoms. The lowest BCUT2D eigenvalue weighted by molar-refractivity contribution is -0.140. The topological polar surface area (TPSA) is 87.7 Å². The smallest absolute Gasteiger partial charge is 0.247 e. The van der Waals surface area contributed by atoms with Crippen molar-refractivity contribution < 1.29 is 19.4 Å². The van der Waals surface area contributed by atoms with Crippen LogP contribution in [0.25, 0.3) is 0 Å². The number of carbonyl (C=O) groups excluding carboxylic acids is 2. The maximum atomic E-state index is 13.2. The van der Waals surface area contributed by atoms with E-state index in [1.807, 2.05) is 48.5 Å². The first kappa shape index (κ1) is 22.0. The van der Waals surface area contributed by atoms with E-state index in [-0.39, 0.29) is 24.5 Å². The lowest BCUT2D eigenvalue weighted by Crippen LogP contribution is -2.53. The zero-order valence-electron chi connectivity index (χ0n) is 17.3. The number of hydrogen-bond donors (Lipinski definition) is 3. The molecule has 30 heavy (non-hydrogen) atoms. The van der Waals surface area contributed by atoms with E-state index in [2.05, 4.69) is 10.6 Å². The third-order valence-corrected chi connectivity index (χ3v) is 5.95. The van der Waals surface area contributed by atoms with Crippen molar-refractivity contribution in [3.05, 3.63) is 66.2 Å². The van der Waals surface area contributed by atoms with Gasteiger partial charge in [-0.3, -0.25) is 9.59 Å². The van der Waals surface area contributed by atoms with Crippen molar-refractivity contribution in [1.82, 2.24) is 5.32 Å². The molecule has 1 saturated carbocycles. The van der Waals surface area contributed by atoms with Crippen molar-refractivity contribution in [3.8, 4) is 0 Å². The average molecular weight is 411 g/mol. The Hall–Kier alpha value is -2.70. The molecule has 160 valence electrons. The highest BCUT2D eigenvalue weighted by Crippen LogP contribution is 2.37. The van der Waals surface area contributed by atoms with Gasteiger partial charge in [-0.1, -0.05) is 48.5 Å².